The van der Waals surface area contributed by atoms with Gasteiger partial charge in [0, 0.05) is 5.92 Å². The topological polar surface area (TPSA) is 0 Å². The summed E-state index contributed by atoms with van der Waals surface area (Å²) in [6.07, 6.45) is 5.84. The van der Waals surface area contributed by atoms with Crippen molar-refractivity contribution in [3.05, 3.63) is 82.4 Å². The molecule has 1 atom stereocenters. The lowest BCUT2D eigenvalue weighted by molar-refractivity contribution is 0.968. The first kappa shape index (κ1) is 13.8. The van der Waals surface area contributed by atoms with Crippen molar-refractivity contribution in [3.8, 4) is 0 Å². The van der Waals surface area contributed by atoms with Crippen LogP contribution in [0.15, 0.2) is 60.2 Å². The van der Waals surface area contributed by atoms with Crippen LogP contribution >= 0.6 is 0 Å². The van der Waals surface area contributed by atoms with Crippen LogP contribution < -0.4 is 0 Å². The zero-order valence-electron chi connectivity index (χ0n) is 13.6. The summed E-state index contributed by atoms with van der Waals surface area (Å²) >= 11 is 0. The SMILES string of the molecule is C[Si](C)(C)C1=C(C2C=Cc3ccccc32)Cc2ccccc21. The molecule has 0 aliphatic heterocycles. The normalized spacial score (nSPS) is 19.5. The van der Waals surface area contributed by atoms with Gasteiger partial charge < -0.3 is 0 Å². The second-order valence-electron chi connectivity index (χ2n) is 7.45. The zero-order valence-corrected chi connectivity index (χ0v) is 14.6. The van der Waals surface area contributed by atoms with E-state index in [1.807, 2.05) is 0 Å². The maximum atomic E-state index is 2.48. The van der Waals surface area contributed by atoms with Crippen LogP contribution in [0.25, 0.3) is 11.3 Å². The largest absolute Gasteiger partial charge is 0.0783 e. The molecular weight excluding hydrogens is 280 g/mol. The molecule has 2 aliphatic carbocycles. The van der Waals surface area contributed by atoms with Crippen molar-refractivity contribution in [1.82, 2.24) is 0 Å². The fourth-order valence-electron chi connectivity index (χ4n) is 4.09. The fourth-order valence-corrected chi connectivity index (χ4v) is 6.35. The summed E-state index contributed by atoms with van der Waals surface area (Å²) in [5, 5.41) is 1.69. The molecule has 0 fully saturated rings. The lowest BCUT2D eigenvalue weighted by Crippen LogP contribution is -2.24. The molecule has 22 heavy (non-hydrogen) atoms. The summed E-state index contributed by atoms with van der Waals surface area (Å²) in [5.74, 6) is 0.477. The molecule has 2 aliphatic rings. The minimum atomic E-state index is -1.38. The Morgan fingerprint density at radius 3 is 2.45 bits per heavy atom. The minimum Gasteiger partial charge on any atom is -0.0723 e. The van der Waals surface area contributed by atoms with E-state index in [9.17, 15) is 0 Å². The molecule has 0 amide bonds. The Morgan fingerprint density at radius 1 is 0.909 bits per heavy atom. The van der Waals surface area contributed by atoms with E-state index in [0.717, 1.165) is 6.42 Å². The number of rotatable bonds is 2. The highest BCUT2D eigenvalue weighted by atomic mass is 28.3. The summed E-state index contributed by atoms with van der Waals surface area (Å²) in [7, 11) is -1.38. The van der Waals surface area contributed by atoms with Gasteiger partial charge in [-0.2, -0.15) is 0 Å². The van der Waals surface area contributed by atoms with E-state index in [0.29, 0.717) is 5.92 Å². The Kier molecular flexibility index (Phi) is 3.02. The van der Waals surface area contributed by atoms with E-state index in [4.69, 9.17) is 0 Å². The minimum absolute atomic E-state index is 0.477. The van der Waals surface area contributed by atoms with Crippen molar-refractivity contribution in [1.29, 1.82) is 0 Å². The number of hydrogen-bond acceptors (Lipinski definition) is 0. The first-order valence-corrected chi connectivity index (χ1v) is 11.6. The Labute approximate surface area is 134 Å². The van der Waals surface area contributed by atoms with E-state index >= 15 is 0 Å². The van der Waals surface area contributed by atoms with E-state index in [1.54, 1.807) is 10.8 Å². The second-order valence-corrected chi connectivity index (χ2v) is 12.4. The third-order valence-corrected chi connectivity index (χ3v) is 7.00. The van der Waals surface area contributed by atoms with Crippen LogP contribution in [0.4, 0.5) is 0 Å². The lowest BCUT2D eigenvalue weighted by Gasteiger charge is -2.24. The van der Waals surface area contributed by atoms with E-state index < -0.39 is 8.07 Å². The standard InChI is InChI=1S/C21H22Si/c1-22(2,3)21-18-11-7-5-9-16(18)14-20(21)19-13-12-15-8-4-6-10-17(15)19/h4-13,19H,14H2,1-3H3. The third-order valence-electron chi connectivity index (χ3n) is 4.91. The van der Waals surface area contributed by atoms with Crippen LogP contribution in [-0.2, 0) is 6.42 Å². The van der Waals surface area contributed by atoms with Crippen molar-refractivity contribution in [2.45, 2.75) is 32.0 Å². The Balaban J connectivity index is 1.90. The van der Waals surface area contributed by atoms with Gasteiger partial charge in [0.25, 0.3) is 0 Å². The molecule has 0 heterocycles. The van der Waals surface area contributed by atoms with E-state index in [-0.39, 0.29) is 0 Å². The molecule has 4 rings (SSSR count). The van der Waals surface area contributed by atoms with Crippen molar-refractivity contribution in [2.24, 2.45) is 0 Å². The average molecular weight is 302 g/mol. The summed E-state index contributed by atoms with van der Waals surface area (Å²) in [6, 6.07) is 17.9. The predicted molar refractivity (Wildman–Crippen MR) is 98.6 cm³/mol. The van der Waals surface area contributed by atoms with E-state index in [2.05, 4.69) is 80.3 Å². The van der Waals surface area contributed by atoms with Crippen LogP contribution in [0.1, 0.15) is 28.2 Å². The molecule has 0 saturated heterocycles. The second kappa shape index (κ2) is 4.82. The van der Waals surface area contributed by atoms with Gasteiger partial charge in [-0.1, -0.05) is 91.1 Å². The predicted octanol–water partition coefficient (Wildman–Crippen LogP) is 5.68. The van der Waals surface area contributed by atoms with Crippen molar-refractivity contribution >= 4 is 19.3 Å². The molecule has 0 spiro atoms. The van der Waals surface area contributed by atoms with Crippen LogP contribution in [0.3, 0.4) is 0 Å². The molecule has 0 aromatic heterocycles. The van der Waals surface area contributed by atoms with Gasteiger partial charge in [-0.3, -0.25) is 0 Å². The third kappa shape index (κ3) is 2.04. The summed E-state index contributed by atoms with van der Waals surface area (Å²) in [4.78, 5) is 0. The van der Waals surface area contributed by atoms with Crippen molar-refractivity contribution in [3.63, 3.8) is 0 Å². The van der Waals surface area contributed by atoms with Gasteiger partial charge >= 0.3 is 0 Å². The molecule has 0 radical (unpaired) electrons. The van der Waals surface area contributed by atoms with Gasteiger partial charge in [-0.05, 0) is 28.7 Å². The number of hydrogen-bond donors (Lipinski definition) is 0. The van der Waals surface area contributed by atoms with Gasteiger partial charge in [0.05, 0.1) is 8.07 Å². The van der Waals surface area contributed by atoms with Crippen LogP contribution in [0.5, 0.6) is 0 Å². The molecule has 110 valence electrons. The molecule has 2 aromatic carbocycles. The molecule has 0 saturated carbocycles. The highest BCUT2D eigenvalue weighted by molar-refractivity contribution is 6.94. The van der Waals surface area contributed by atoms with Gasteiger partial charge in [0.2, 0.25) is 0 Å². The van der Waals surface area contributed by atoms with E-state index in [1.165, 1.54) is 22.3 Å². The molecular formula is C21H22Si. The van der Waals surface area contributed by atoms with Crippen LogP contribution in [0, 0.1) is 0 Å². The van der Waals surface area contributed by atoms with Crippen molar-refractivity contribution < 1.29 is 0 Å². The first-order chi connectivity index (χ1) is 10.6. The molecule has 0 bridgehead atoms. The van der Waals surface area contributed by atoms with Crippen LogP contribution in [-0.4, -0.2) is 8.07 Å². The first-order valence-electron chi connectivity index (χ1n) is 8.14. The van der Waals surface area contributed by atoms with Gasteiger partial charge in [0.1, 0.15) is 0 Å². The fraction of sp³-hybridized carbons (Fsp3) is 0.238. The molecule has 0 N–H and O–H groups in total. The maximum absolute atomic E-state index is 2.48. The number of fused-ring (bicyclic) bond motifs is 2. The van der Waals surface area contributed by atoms with Crippen LogP contribution in [0.2, 0.25) is 19.6 Å². The Bertz CT molecular complexity index is 803. The summed E-state index contributed by atoms with van der Waals surface area (Å²) in [5.41, 5.74) is 7.58. The Hall–Kier alpha value is -1.86. The number of benzene rings is 2. The highest BCUT2D eigenvalue weighted by Gasteiger charge is 2.35. The monoisotopic (exact) mass is 302 g/mol. The summed E-state index contributed by atoms with van der Waals surface area (Å²) in [6.45, 7) is 7.44. The number of allylic oxidation sites excluding steroid dienone is 2. The average Bonchev–Trinajstić information content (AvgIpc) is 3.07. The quantitative estimate of drug-likeness (QED) is 0.626. The molecule has 0 nitrogen and oxygen atoms in total. The summed E-state index contributed by atoms with van der Waals surface area (Å²) < 4.78 is 0. The maximum Gasteiger partial charge on any atom is 0.0783 e. The highest BCUT2D eigenvalue weighted by Crippen LogP contribution is 2.47. The molecule has 1 heteroatoms. The molecule has 2 aromatic rings. The molecule has 1 unspecified atom stereocenters. The smallest absolute Gasteiger partial charge is 0.0723 e. The Morgan fingerprint density at radius 2 is 1.64 bits per heavy atom. The van der Waals surface area contributed by atoms with Crippen molar-refractivity contribution in [2.75, 3.05) is 0 Å². The lowest BCUT2D eigenvalue weighted by atomic mass is 9.91. The van der Waals surface area contributed by atoms with Gasteiger partial charge in [0.15, 0.2) is 0 Å². The zero-order chi connectivity index (χ0) is 15.3. The van der Waals surface area contributed by atoms with Gasteiger partial charge in [-0.15, -0.1) is 0 Å². The van der Waals surface area contributed by atoms with Gasteiger partial charge in [-0.25, -0.2) is 0 Å².